The molecular weight excluding hydrogens is 274 g/mol. The first kappa shape index (κ1) is 15.6. The molecule has 2 fully saturated rings. The Balaban J connectivity index is 1.95. The first-order valence-corrected chi connectivity index (χ1v) is 7.08. The molecule has 2 rings (SSSR count). The fourth-order valence-corrected chi connectivity index (χ4v) is 2.58. The van der Waals surface area contributed by atoms with E-state index in [0.29, 0.717) is 45.0 Å². The Bertz CT molecular complexity index is 441. The standard InChI is InChI=1S/C13H23N5O3/c1-17(2)12(20)18-7-4-13(5-8-18)10(19)15-11(16-13)14-6-9-21-3/h4-9H2,1-3H3,(H2,14,15,16,19). The number of carbonyl (C=O) groups excluding carboxylic acids is 2. The smallest absolute Gasteiger partial charge is 0.319 e. The van der Waals surface area contributed by atoms with Crippen molar-refractivity contribution in [2.75, 3.05) is 47.4 Å². The molecule has 0 unspecified atom stereocenters. The Labute approximate surface area is 124 Å². The minimum atomic E-state index is -0.630. The van der Waals surface area contributed by atoms with E-state index in [1.54, 1.807) is 31.0 Å². The molecule has 2 heterocycles. The van der Waals surface area contributed by atoms with Crippen molar-refractivity contribution in [2.24, 2.45) is 4.99 Å². The minimum absolute atomic E-state index is 0.0164. The summed E-state index contributed by atoms with van der Waals surface area (Å²) in [5, 5.41) is 5.96. The SMILES string of the molecule is COCCN=C1NC(=O)C2(CCN(C(=O)N(C)C)CC2)N1. The highest BCUT2D eigenvalue weighted by atomic mass is 16.5. The van der Waals surface area contributed by atoms with E-state index < -0.39 is 5.54 Å². The second-order valence-corrected chi connectivity index (χ2v) is 5.55. The highest BCUT2D eigenvalue weighted by molar-refractivity contribution is 6.09. The molecule has 0 saturated carbocycles. The highest BCUT2D eigenvalue weighted by Crippen LogP contribution is 2.25. The lowest BCUT2D eigenvalue weighted by Gasteiger charge is -2.38. The average Bonchev–Trinajstić information content (AvgIpc) is 2.75. The van der Waals surface area contributed by atoms with Crippen LogP contribution in [-0.4, -0.2) is 80.7 Å². The van der Waals surface area contributed by atoms with Gasteiger partial charge in [-0.3, -0.25) is 15.1 Å². The van der Waals surface area contributed by atoms with E-state index in [1.165, 1.54) is 0 Å². The maximum absolute atomic E-state index is 12.2. The molecule has 2 aliphatic heterocycles. The van der Waals surface area contributed by atoms with E-state index in [1.807, 2.05) is 0 Å². The molecule has 0 aromatic rings. The van der Waals surface area contributed by atoms with Crippen LogP contribution in [0, 0.1) is 0 Å². The second kappa shape index (κ2) is 6.30. The molecule has 0 aromatic heterocycles. The minimum Gasteiger partial charge on any atom is -0.383 e. The van der Waals surface area contributed by atoms with Gasteiger partial charge in [0.25, 0.3) is 5.91 Å². The predicted octanol–water partition coefficient (Wildman–Crippen LogP) is -0.776. The van der Waals surface area contributed by atoms with Crippen LogP contribution in [-0.2, 0) is 9.53 Å². The molecule has 0 bridgehead atoms. The zero-order valence-electron chi connectivity index (χ0n) is 12.8. The molecule has 2 N–H and O–H groups in total. The number of nitrogens with zero attached hydrogens (tertiary/aromatic N) is 3. The molecule has 0 atom stereocenters. The van der Waals surface area contributed by atoms with Crippen molar-refractivity contribution < 1.29 is 14.3 Å². The van der Waals surface area contributed by atoms with Crippen LogP contribution in [0.25, 0.3) is 0 Å². The van der Waals surface area contributed by atoms with Crippen molar-refractivity contribution in [3.05, 3.63) is 0 Å². The molecule has 2 aliphatic rings. The largest absolute Gasteiger partial charge is 0.383 e. The molecular formula is C13H23N5O3. The number of ether oxygens (including phenoxy) is 1. The summed E-state index contributed by atoms with van der Waals surface area (Å²) in [6, 6.07) is -0.0164. The molecule has 21 heavy (non-hydrogen) atoms. The monoisotopic (exact) mass is 297 g/mol. The quantitative estimate of drug-likeness (QED) is 0.670. The van der Waals surface area contributed by atoms with Crippen LogP contribution in [0.5, 0.6) is 0 Å². The van der Waals surface area contributed by atoms with E-state index in [2.05, 4.69) is 15.6 Å². The van der Waals surface area contributed by atoms with Crippen molar-refractivity contribution >= 4 is 17.9 Å². The van der Waals surface area contributed by atoms with Gasteiger partial charge in [0.1, 0.15) is 5.54 Å². The summed E-state index contributed by atoms with van der Waals surface area (Å²) in [4.78, 5) is 31.7. The molecule has 1 spiro atoms. The highest BCUT2D eigenvalue weighted by Gasteiger charge is 2.47. The lowest BCUT2D eigenvalue weighted by molar-refractivity contribution is -0.125. The second-order valence-electron chi connectivity index (χ2n) is 5.55. The first-order chi connectivity index (χ1) is 9.98. The van der Waals surface area contributed by atoms with E-state index in [0.717, 1.165) is 0 Å². The van der Waals surface area contributed by atoms with Crippen LogP contribution in [0.1, 0.15) is 12.8 Å². The number of amides is 3. The fraction of sp³-hybridized carbons (Fsp3) is 0.769. The molecule has 2 saturated heterocycles. The van der Waals surface area contributed by atoms with E-state index in [4.69, 9.17) is 4.74 Å². The predicted molar refractivity (Wildman–Crippen MR) is 78.1 cm³/mol. The van der Waals surface area contributed by atoms with E-state index in [9.17, 15) is 9.59 Å². The molecule has 0 aromatic carbocycles. The maximum Gasteiger partial charge on any atom is 0.319 e. The van der Waals surface area contributed by atoms with Gasteiger partial charge < -0.3 is 19.9 Å². The number of hydrogen-bond acceptors (Lipinski definition) is 4. The van der Waals surface area contributed by atoms with Crippen LogP contribution >= 0.6 is 0 Å². The molecule has 118 valence electrons. The third-order valence-corrected chi connectivity index (χ3v) is 3.86. The number of urea groups is 1. The van der Waals surface area contributed by atoms with Gasteiger partial charge in [0, 0.05) is 34.3 Å². The zero-order valence-corrected chi connectivity index (χ0v) is 12.8. The van der Waals surface area contributed by atoms with Gasteiger partial charge in [0.2, 0.25) is 0 Å². The van der Waals surface area contributed by atoms with Crippen molar-refractivity contribution in [1.82, 2.24) is 20.4 Å². The van der Waals surface area contributed by atoms with Crippen molar-refractivity contribution in [2.45, 2.75) is 18.4 Å². The van der Waals surface area contributed by atoms with Crippen LogP contribution in [0.15, 0.2) is 4.99 Å². The third-order valence-electron chi connectivity index (χ3n) is 3.86. The van der Waals surface area contributed by atoms with Gasteiger partial charge in [-0.25, -0.2) is 4.79 Å². The number of likely N-dealkylation sites (tertiary alicyclic amines) is 1. The third kappa shape index (κ3) is 3.26. The molecule has 8 nitrogen and oxygen atoms in total. The summed E-state index contributed by atoms with van der Waals surface area (Å²) in [7, 11) is 5.07. The number of guanidine groups is 1. The Hall–Kier alpha value is -1.83. The summed E-state index contributed by atoms with van der Waals surface area (Å²) in [6.45, 7) is 2.13. The van der Waals surface area contributed by atoms with Gasteiger partial charge in [-0.2, -0.15) is 0 Å². The summed E-state index contributed by atoms with van der Waals surface area (Å²) in [5.74, 6) is 0.444. The van der Waals surface area contributed by atoms with Crippen LogP contribution in [0.2, 0.25) is 0 Å². The van der Waals surface area contributed by atoms with Crippen LogP contribution < -0.4 is 10.6 Å². The first-order valence-electron chi connectivity index (χ1n) is 7.08. The summed E-state index contributed by atoms with van der Waals surface area (Å²) < 4.78 is 4.93. The van der Waals surface area contributed by atoms with Gasteiger partial charge in [0.05, 0.1) is 13.2 Å². The van der Waals surface area contributed by atoms with Crippen molar-refractivity contribution in [3.63, 3.8) is 0 Å². The van der Waals surface area contributed by atoms with E-state index in [-0.39, 0.29) is 11.9 Å². The Morgan fingerprint density at radius 2 is 2.10 bits per heavy atom. The van der Waals surface area contributed by atoms with Gasteiger partial charge >= 0.3 is 6.03 Å². The van der Waals surface area contributed by atoms with Crippen LogP contribution in [0.4, 0.5) is 4.79 Å². The van der Waals surface area contributed by atoms with Gasteiger partial charge in [0.15, 0.2) is 5.96 Å². The Kier molecular flexibility index (Phi) is 4.66. The number of carbonyl (C=O) groups is 2. The molecule has 8 heteroatoms. The number of methoxy groups -OCH3 is 1. The number of nitrogens with one attached hydrogen (secondary N) is 2. The number of aliphatic imine (C=N–C) groups is 1. The number of rotatable bonds is 3. The van der Waals surface area contributed by atoms with Gasteiger partial charge in [-0.1, -0.05) is 0 Å². The Morgan fingerprint density at radius 1 is 1.43 bits per heavy atom. The molecule has 0 radical (unpaired) electrons. The lowest BCUT2D eigenvalue weighted by Crippen LogP contribution is -2.57. The topological polar surface area (TPSA) is 86.3 Å². The lowest BCUT2D eigenvalue weighted by atomic mass is 9.88. The van der Waals surface area contributed by atoms with Gasteiger partial charge in [-0.15, -0.1) is 0 Å². The average molecular weight is 297 g/mol. The molecule has 3 amide bonds. The van der Waals surface area contributed by atoms with E-state index >= 15 is 0 Å². The number of hydrogen-bond donors (Lipinski definition) is 2. The van der Waals surface area contributed by atoms with Crippen molar-refractivity contribution in [1.29, 1.82) is 0 Å². The number of piperidine rings is 1. The van der Waals surface area contributed by atoms with Gasteiger partial charge in [-0.05, 0) is 12.8 Å². The normalized spacial score (nSPS) is 22.3. The zero-order chi connectivity index (χ0) is 15.5. The van der Waals surface area contributed by atoms with Crippen LogP contribution in [0.3, 0.4) is 0 Å². The summed E-state index contributed by atoms with van der Waals surface area (Å²) in [5.41, 5.74) is -0.630. The maximum atomic E-state index is 12.2. The fourth-order valence-electron chi connectivity index (χ4n) is 2.58. The summed E-state index contributed by atoms with van der Waals surface area (Å²) in [6.07, 6.45) is 1.17. The van der Waals surface area contributed by atoms with Crippen molar-refractivity contribution in [3.8, 4) is 0 Å². The summed E-state index contributed by atoms with van der Waals surface area (Å²) >= 11 is 0. The molecule has 0 aliphatic carbocycles. The Morgan fingerprint density at radius 3 is 2.67 bits per heavy atom.